The van der Waals surface area contributed by atoms with Gasteiger partial charge >= 0.3 is 0 Å². The molecule has 0 aliphatic rings. The molecule has 0 unspecified atom stereocenters. The molecular weight excluding hydrogens is 282 g/mol. The number of hydrogen-bond acceptors (Lipinski definition) is 4. The molecule has 0 fully saturated rings. The Kier molecular flexibility index (Phi) is 3.91. The summed E-state index contributed by atoms with van der Waals surface area (Å²) in [7, 11) is 0. The van der Waals surface area contributed by atoms with E-state index in [0.29, 0.717) is 18.3 Å². The van der Waals surface area contributed by atoms with Crippen LogP contribution in [0.2, 0.25) is 0 Å². The Morgan fingerprint density at radius 3 is 2.88 bits per heavy atom. The van der Waals surface area contributed by atoms with Gasteiger partial charge in [0.1, 0.15) is 0 Å². The van der Waals surface area contributed by atoms with Crippen molar-refractivity contribution in [1.82, 2.24) is 10.2 Å². The highest BCUT2D eigenvalue weighted by molar-refractivity contribution is 9.10. The van der Waals surface area contributed by atoms with Crippen molar-refractivity contribution >= 4 is 15.9 Å². The normalized spacial score (nSPS) is 10.8. The third-order valence-corrected chi connectivity index (χ3v) is 2.97. The van der Waals surface area contributed by atoms with Gasteiger partial charge in [0.05, 0.1) is 0 Å². The van der Waals surface area contributed by atoms with Gasteiger partial charge in [0.15, 0.2) is 0 Å². The minimum Gasteiger partial charge on any atom is -0.421 e. The van der Waals surface area contributed by atoms with Gasteiger partial charge in [-0.2, -0.15) is 0 Å². The molecule has 4 nitrogen and oxygen atoms in total. The van der Waals surface area contributed by atoms with Crippen molar-refractivity contribution in [2.24, 2.45) is 5.73 Å². The Balaban J connectivity index is 2.24. The zero-order chi connectivity index (χ0) is 12.3. The monoisotopic (exact) mass is 295 g/mol. The van der Waals surface area contributed by atoms with Crippen molar-refractivity contribution in [1.29, 1.82) is 0 Å². The van der Waals surface area contributed by atoms with Gasteiger partial charge in [-0.15, -0.1) is 10.2 Å². The number of aromatic nitrogens is 2. The van der Waals surface area contributed by atoms with E-state index in [1.54, 1.807) is 0 Å². The van der Waals surface area contributed by atoms with E-state index in [-0.39, 0.29) is 0 Å². The van der Waals surface area contributed by atoms with Crippen molar-refractivity contribution in [2.45, 2.75) is 19.8 Å². The fraction of sp³-hybridized carbons (Fsp3) is 0.333. The van der Waals surface area contributed by atoms with Gasteiger partial charge in [0, 0.05) is 16.5 Å². The lowest BCUT2D eigenvalue weighted by Crippen LogP contribution is -2.00. The van der Waals surface area contributed by atoms with Crippen LogP contribution in [0.25, 0.3) is 11.5 Å². The van der Waals surface area contributed by atoms with Gasteiger partial charge in [0.25, 0.3) is 0 Å². The zero-order valence-electron chi connectivity index (χ0n) is 9.61. The van der Waals surface area contributed by atoms with Crippen molar-refractivity contribution in [2.75, 3.05) is 6.54 Å². The third kappa shape index (κ3) is 2.92. The SMILES string of the molecule is Cc1cc(Br)ccc1-c1nnc(CCCN)o1. The third-order valence-electron chi connectivity index (χ3n) is 2.48. The average Bonchev–Trinajstić information content (AvgIpc) is 2.75. The van der Waals surface area contributed by atoms with Crippen LogP contribution in [-0.2, 0) is 6.42 Å². The molecule has 90 valence electrons. The zero-order valence-corrected chi connectivity index (χ0v) is 11.2. The Morgan fingerprint density at radius 2 is 2.18 bits per heavy atom. The second kappa shape index (κ2) is 5.42. The summed E-state index contributed by atoms with van der Waals surface area (Å²) < 4.78 is 6.64. The first-order valence-corrected chi connectivity index (χ1v) is 6.29. The first-order valence-electron chi connectivity index (χ1n) is 5.49. The lowest BCUT2D eigenvalue weighted by atomic mass is 10.1. The van der Waals surface area contributed by atoms with Crippen LogP contribution in [0.5, 0.6) is 0 Å². The summed E-state index contributed by atoms with van der Waals surface area (Å²) in [6, 6.07) is 5.96. The fourth-order valence-electron chi connectivity index (χ4n) is 1.58. The molecule has 17 heavy (non-hydrogen) atoms. The average molecular weight is 296 g/mol. The predicted molar refractivity (Wildman–Crippen MR) is 69.5 cm³/mol. The van der Waals surface area contributed by atoms with Crippen molar-refractivity contribution in [3.8, 4) is 11.5 Å². The van der Waals surface area contributed by atoms with E-state index in [1.165, 1.54) is 0 Å². The predicted octanol–water partition coefficient (Wildman–Crippen LogP) is 2.70. The highest BCUT2D eigenvalue weighted by atomic mass is 79.9. The molecule has 1 aromatic carbocycles. The first-order chi connectivity index (χ1) is 8.20. The molecular formula is C12H14BrN3O. The fourth-order valence-corrected chi connectivity index (χ4v) is 2.06. The number of benzene rings is 1. The summed E-state index contributed by atoms with van der Waals surface area (Å²) >= 11 is 3.43. The minimum atomic E-state index is 0.571. The molecule has 0 amide bonds. The summed E-state index contributed by atoms with van der Waals surface area (Å²) in [5.74, 6) is 1.22. The van der Waals surface area contributed by atoms with Crippen molar-refractivity contribution in [3.63, 3.8) is 0 Å². The Hall–Kier alpha value is -1.20. The van der Waals surface area contributed by atoms with Crippen LogP contribution < -0.4 is 5.73 Å². The standard InChI is InChI=1S/C12H14BrN3O/c1-8-7-9(13)4-5-10(8)12-16-15-11(17-12)3-2-6-14/h4-5,7H,2-3,6,14H2,1H3. The highest BCUT2D eigenvalue weighted by Gasteiger charge is 2.10. The molecule has 2 rings (SSSR count). The van der Waals surface area contributed by atoms with Crippen LogP contribution >= 0.6 is 15.9 Å². The molecule has 0 atom stereocenters. The molecule has 5 heteroatoms. The number of halogens is 1. The quantitative estimate of drug-likeness (QED) is 0.942. The first kappa shape index (κ1) is 12.3. The maximum Gasteiger partial charge on any atom is 0.247 e. The van der Waals surface area contributed by atoms with E-state index in [0.717, 1.165) is 28.4 Å². The van der Waals surface area contributed by atoms with E-state index in [4.69, 9.17) is 10.2 Å². The van der Waals surface area contributed by atoms with Crippen LogP contribution in [0.4, 0.5) is 0 Å². The number of aryl methyl sites for hydroxylation is 2. The highest BCUT2D eigenvalue weighted by Crippen LogP contribution is 2.25. The summed E-state index contributed by atoms with van der Waals surface area (Å²) in [5.41, 5.74) is 7.52. The Bertz CT molecular complexity index is 510. The summed E-state index contributed by atoms with van der Waals surface area (Å²) in [6.45, 7) is 2.65. The van der Waals surface area contributed by atoms with Gasteiger partial charge < -0.3 is 10.2 Å². The Morgan fingerprint density at radius 1 is 1.35 bits per heavy atom. The maximum atomic E-state index is 5.60. The minimum absolute atomic E-state index is 0.571. The molecule has 0 radical (unpaired) electrons. The number of hydrogen-bond donors (Lipinski definition) is 1. The van der Waals surface area contributed by atoms with E-state index in [1.807, 2.05) is 25.1 Å². The maximum absolute atomic E-state index is 5.60. The van der Waals surface area contributed by atoms with Gasteiger partial charge in [0.2, 0.25) is 11.8 Å². The largest absolute Gasteiger partial charge is 0.421 e. The molecule has 1 aromatic heterocycles. The number of rotatable bonds is 4. The van der Waals surface area contributed by atoms with Crippen molar-refractivity contribution < 1.29 is 4.42 Å². The summed E-state index contributed by atoms with van der Waals surface area (Å²) in [4.78, 5) is 0. The smallest absolute Gasteiger partial charge is 0.247 e. The Labute approximate surface area is 108 Å². The summed E-state index contributed by atoms with van der Waals surface area (Å²) in [6.07, 6.45) is 1.60. The lowest BCUT2D eigenvalue weighted by Gasteiger charge is -2.00. The second-order valence-corrected chi connectivity index (χ2v) is 4.77. The second-order valence-electron chi connectivity index (χ2n) is 3.85. The molecule has 2 N–H and O–H groups in total. The van der Waals surface area contributed by atoms with E-state index >= 15 is 0 Å². The molecule has 0 aliphatic carbocycles. The molecule has 0 saturated carbocycles. The van der Waals surface area contributed by atoms with E-state index < -0.39 is 0 Å². The van der Waals surface area contributed by atoms with E-state index in [9.17, 15) is 0 Å². The van der Waals surface area contributed by atoms with Crippen LogP contribution in [-0.4, -0.2) is 16.7 Å². The van der Waals surface area contributed by atoms with Gasteiger partial charge in [-0.1, -0.05) is 15.9 Å². The van der Waals surface area contributed by atoms with Crippen LogP contribution in [0.3, 0.4) is 0 Å². The molecule has 2 aromatic rings. The topological polar surface area (TPSA) is 64.9 Å². The van der Waals surface area contributed by atoms with Crippen LogP contribution in [0.15, 0.2) is 27.1 Å². The van der Waals surface area contributed by atoms with Crippen LogP contribution in [0.1, 0.15) is 17.9 Å². The number of nitrogens with two attached hydrogens (primary N) is 1. The number of nitrogens with zero attached hydrogens (tertiary/aromatic N) is 2. The van der Waals surface area contributed by atoms with E-state index in [2.05, 4.69) is 26.1 Å². The van der Waals surface area contributed by atoms with Crippen molar-refractivity contribution in [3.05, 3.63) is 34.1 Å². The molecule has 0 saturated heterocycles. The van der Waals surface area contributed by atoms with Crippen LogP contribution in [0, 0.1) is 6.92 Å². The molecule has 0 aliphatic heterocycles. The van der Waals surface area contributed by atoms with Gasteiger partial charge in [-0.3, -0.25) is 0 Å². The molecule has 1 heterocycles. The van der Waals surface area contributed by atoms with Gasteiger partial charge in [-0.05, 0) is 43.7 Å². The van der Waals surface area contributed by atoms with Gasteiger partial charge in [-0.25, -0.2) is 0 Å². The molecule has 0 bridgehead atoms. The molecule has 0 spiro atoms. The summed E-state index contributed by atoms with van der Waals surface area (Å²) in [5, 5.41) is 8.07. The lowest BCUT2D eigenvalue weighted by molar-refractivity contribution is 0.498.